The van der Waals surface area contributed by atoms with Gasteiger partial charge < -0.3 is 20.1 Å². The predicted octanol–water partition coefficient (Wildman–Crippen LogP) is 7.36. The van der Waals surface area contributed by atoms with Crippen LogP contribution < -0.4 is 15.0 Å². The highest BCUT2D eigenvalue weighted by Crippen LogP contribution is 2.51. The summed E-state index contributed by atoms with van der Waals surface area (Å²) < 4.78 is 6.55. The fourth-order valence-corrected chi connectivity index (χ4v) is 5.16. The van der Waals surface area contributed by atoms with Crippen molar-refractivity contribution in [3.63, 3.8) is 0 Å². The van der Waals surface area contributed by atoms with Crippen molar-refractivity contribution in [3.05, 3.63) is 113 Å². The number of para-hydroxylation sites is 1. The van der Waals surface area contributed by atoms with Crippen molar-refractivity contribution in [2.24, 2.45) is 0 Å². The SMILES string of the molecule is CCN(CC)c1cc(C)c2c(c1)Oc1ccc(Nc3ccccc3)cc1C2c1ccccc1CO. The maximum absolute atomic E-state index is 10.2. The van der Waals surface area contributed by atoms with Gasteiger partial charge in [-0.05, 0) is 73.9 Å². The van der Waals surface area contributed by atoms with Crippen LogP contribution in [0.5, 0.6) is 11.5 Å². The molecular weight excluding hydrogens is 432 g/mol. The summed E-state index contributed by atoms with van der Waals surface area (Å²) >= 11 is 0. The maximum Gasteiger partial charge on any atom is 0.133 e. The molecule has 0 amide bonds. The fraction of sp³-hybridized carbons (Fsp3) is 0.226. The van der Waals surface area contributed by atoms with Crippen molar-refractivity contribution in [1.29, 1.82) is 0 Å². The predicted molar refractivity (Wildman–Crippen MR) is 144 cm³/mol. The van der Waals surface area contributed by atoms with Crippen LogP contribution in [-0.4, -0.2) is 18.2 Å². The van der Waals surface area contributed by atoms with Crippen molar-refractivity contribution in [1.82, 2.24) is 0 Å². The van der Waals surface area contributed by atoms with E-state index in [1.54, 1.807) is 0 Å². The van der Waals surface area contributed by atoms with E-state index in [2.05, 4.69) is 85.6 Å². The molecule has 1 aliphatic rings. The summed E-state index contributed by atoms with van der Waals surface area (Å²) in [6, 6.07) is 29.1. The molecule has 4 heteroatoms. The number of fused-ring (bicyclic) bond motifs is 2. The van der Waals surface area contributed by atoms with E-state index < -0.39 is 0 Å². The molecule has 5 rings (SSSR count). The van der Waals surface area contributed by atoms with E-state index in [1.165, 1.54) is 11.3 Å². The minimum atomic E-state index is -0.0413. The number of aryl methyl sites for hydroxylation is 1. The van der Waals surface area contributed by atoms with Gasteiger partial charge in [0.2, 0.25) is 0 Å². The first-order valence-corrected chi connectivity index (χ1v) is 12.3. The lowest BCUT2D eigenvalue weighted by atomic mass is 9.78. The molecule has 0 aliphatic carbocycles. The molecule has 35 heavy (non-hydrogen) atoms. The van der Waals surface area contributed by atoms with E-state index in [1.807, 2.05) is 30.3 Å². The van der Waals surface area contributed by atoms with Crippen LogP contribution in [0.3, 0.4) is 0 Å². The third-order valence-electron chi connectivity index (χ3n) is 6.89. The Kier molecular flexibility index (Phi) is 6.47. The molecule has 4 aromatic rings. The fourth-order valence-electron chi connectivity index (χ4n) is 5.16. The lowest BCUT2D eigenvalue weighted by molar-refractivity contribution is 0.280. The van der Waals surface area contributed by atoms with Gasteiger partial charge in [0.15, 0.2) is 0 Å². The van der Waals surface area contributed by atoms with E-state index in [-0.39, 0.29) is 12.5 Å². The average molecular weight is 465 g/mol. The summed E-state index contributed by atoms with van der Waals surface area (Å²) in [5, 5.41) is 13.7. The molecule has 1 atom stereocenters. The van der Waals surface area contributed by atoms with Gasteiger partial charge >= 0.3 is 0 Å². The molecule has 0 radical (unpaired) electrons. The molecule has 4 nitrogen and oxygen atoms in total. The first-order valence-electron chi connectivity index (χ1n) is 12.3. The smallest absolute Gasteiger partial charge is 0.133 e. The van der Waals surface area contributed by atoms with Crippen LogP contribution in [0.15, 0.2) is 84.9 Å². The van der Waals surface area contributed by atoms with E-state index in [0.29, 0.717) is 0 Å². The zero-order chi connectivity index (χ0) is 24.4. The quantitative estimate of drug-likeness (QED) is 0.264. The number of ether oxygens (including phenoxy) is 1. The number of benzene rings is 4. The summed E-state index contributed by atoms with van der Waals surface area (Å²) in [4.78, 5) is 2.34. The van der Waals surface area contributed by atoms with Gasteiger partial charge in [0.25, 0.3) is 0 Å². The number of hydrogen-bond acceptors (Lipinski definition) is 4. The molecule has 0 fully saturated rings. The largest absolute Gasteiger partial charge is 0.457 e. The van der Waals surface area contributed by atoms with Gasteiger partial charge in [-0.2, -0.15) is 0 Å². The summed E-state index contributed by atoms with van der Waals surface area (Å²) in [6.07, 6.45) is 0. The number of nitrogens with one attached hydrogen (secondary N) is 1. The Morgan fingerprint density at radius 1 is 0.800 bits per heavy atom. The molecule has 0 bridgehead atoms. The number of rotatable bonds is 7. The van der Waals surface area contributed by atoms with Crippen LogP contribution >= 0.6 is 0 Å². The summed E-state index contributed by atoms with van der Waals surface area (Å²) in [6.45, 7) is 8.40. The van der Waals surface area contributed by atoms with Crippen molar-refractivity contribution in [2.75, 3.05) is 23.3 Å². The molecule has 1 heterocycles. The number of nitrogens with zero attached hydrogens (tertiary/aromatic N) is 1. The van der Waals surface area contributed by atoms with Crippen molar-refractivity contribution < 1.29 is 9.84 Å². The zero-order valence-electron chi connectivity index (χ0n) is 20.6. The third-order valence-corrected chi connectivity index (χ3v) is 6.89. The molecule has 2 N–H and O–H groups in total. The van der Waals surface area contributed by atoms with E-state index in [4.69, 9.17) is 4.74 Å². The number of hydrogen-bond donors (Lipinski definition) is 2. The zero-order valence-corrected chi connectivity index (χ0v) is 20.6. The molecule has 1 aliphatic heterocycles. The van der Waals surface area contributed by atoms with E-state index >= 15 is 0 Å². The van der Waals surface area contributed by atoms with Crippen LogP contribution in [0.25, 0.3) is 0 Å². The Morgan fingerprint density at radius 3 is 2.29 bits per heavy atom. The molecule has 178 valence electrons. The number of aliphatic hydroxyl groups excluding tert-OH is 1. The van der Waals surface area contributed by atoms with Crippen molar-refractivity contribution in [3.8, 4) is 11.5 Å². The summed E-state index contributed by atoms with van der Waals surface area (Å²) in [5.74, 6) is 1.70. The summed E-state index contributed by atoms with van der Waals surface area (Å²) in [5.41, 5.74) is 8.70. The topological polar surface area (TPSA) is 44.7 Å². The number of aliphatic hydroxyl groups is 1. The second-order valence-corrected chi connectivity index (χ2v) is 8.98. The average Bonchev–Trinajstić information content (AvgIpc) is 2.89. The Morgan fingerprint density at radius 2 is 1.54 bits per heavy atom. The molecule has 0 saturated heterocycles. The highest BCUT2D eigenvalue weighted by Gasteiger charge is 2.32. The van der Waals surface area contributed by atoms with E-state index in [9.17, 15) is 5.11 Å². The maximum atomic E-state index is 10.2. The lowest BCUT2D eigenvalue weighted by Crippen LogP contribution is -2.23. The monoisotopic (exact) mass is 464 g/mol. The van der Waals surface area contributed by atoms with Gasteiger partial charge in [0.05, 0.1) is 6.61 Å². The van der Waals surface area contributed by atoms with Crippen LogP contribution in [0, 0.1) is 6.92 Å². The molecule has 0 aromatic heterocycles. The Balaban J connectivity index is 1.68. The van der Waals surface area contributed by atoms with Crippen molar-refractivity contribution >= 4 is 17.1 Å². The Labute approximate surface area is 207 Å². The normalized spacial score (nSPS) is 14.0. The number of anilines is 3. The minimum absolute atomic E-state index is 0.00324. The lowest BCUT2D eigenvalue weighted by Gasteiger charge is -2.33. The van der Waals surface area contributed by atoms with Crippen LogP contribution in [0.4, 0.5) is 17.1 Å². The summed E-state index contributed by atoms with van der Waals surface area (Å²) in [7, 11) is 0. The van der Waals surface area contributed by atoms with Gasteiger partial charge in [-0.15, -0.1) is 0 Å². The molecular formula is C31H32N2O2. The molecule has 4 aromatic carbocycles. The van der Waals surface area contributed by atoms with Crippen LogP contribution in [-0.2, 0) is 6.61 Å². The van der Waals surface area contributed by atoms with Gasteiger partial charge in [-0.25, -0.2) is 0 Å². The van der Waals surface area contributed by atoms with E-state index in [0.717, 1.165) is 58.2 Å². The van der Waals surface area contributed by atoms with Gasteiger partial charge in [0, 0.05) is 53.3 Å². The van der Waals surface area contributed by atoms with Gasteiger partial charge in [-0.1, -0.05) is 42.5 Å². The Hall–Kier alpha value is -3.76. The third kappa shape index (κ3) is 4.38. The highest BCUT2D eigenvalue weighted by atomic mass is 16.5. The Bertz CT molecular complexity index is 1330. The first-order chi connectivity index (χ1) is 17.1. The minimum Gasteiger partial charge on any atom is -0.457 e. The van der Waals surface area contributed by atoms with Crippen LogP contribution in [0.1, 0.15) is 47.6 Å². The molecule has 0 saturated carbocycles. The second kappa shape index (κ2) is 9.85. The molecule has 1 unspecified atom stereocenters. The standard InChI is InChI=1S/C31H32N2O2/c1-4-33(5-2)25-17-21(3)30-29(19-25)35-28-16-15-24(32-23-12-7-6-8-13-23)18-27(28)31(30)26-14-10-9-11-22(26)20-34/h6-19,31-32,34H,4-5,20H2,1-3H3. The van der Waals surface area contributed by atoms with Gasteiger partial charge in [0.1, 0.15) is 11.5 Å². The van der Waals surface area contributed by atoms with Crippen molar-refractivity contribution in [2.45, 2.75) is 33.3 Å². The molecule has 0 spiro atoms. The highest BCUT2D eigenvalue weighted by molar-refractivity contribution is 5.70. The van der Waals surface area contributed by atoms with Gasteiger partial charge in [-0.3, -0.25) is 0 Å². The second-order valence-electron chi connectivity index (χ2n) is 8.98. The van der Waals surface area contributed by atoms with Crippen LogP contribution in [0.2, 0.25) is 0 Å². The first kappa shape index (κ1) is 23.0.